The van der Waals surface area contributed by atoms with Crippen LogP contribution in [0, 0.1) is 0 Å². The lowest BCUT2D eigenvalue weighted by atomic mass is 10.3. The maximum absolute atomic E-state index is 11.8. The molecule has 0 radical (unpaired) electrons. The fraction of sp³-hybridized carbons (Fsp3) is 0.143. The van der Waals surface area contributed by atoms with E-state index in [0.717, 1.165) is 0 Å². The van der Waals surface area contributed by atoms with E-state index in [4.69, 9.17) is 9.84 Å². The quantitative estimate of drug-likeness (QED) is 0.871. The van der Waals surface area contributed by atoms with Crippen LogP contribution in [-0.4, -0.2) is 28.7 Å². The van der Waals surface area contributed by atoms with E-state index in [9.17, 15) is 9.59 Å². The second-order valence-electron chi connectivity index (χ2n) is 4.16. The summed E-state index contributed by atoms with van der Waals surface area (Å²) in [7, 11) is 1.55. The van der Waals surface area contributed by atoms with Crippen LogP contribution in [0.5, 0.6) is 5.75 Å². The number of benzene rings is 1. The zero-order valence-electron chi connectivity index (χ0n) is 10.9. The van der Waals surface area contributed by atoms with Crippen molar-refractivity contribution in [1.82, 2.24) is 4.57 Å². The second kappa shape index (κ2) is 5.92. The number of carboxylic acid groups (broad SMARTS) is 1. The van der Waals surface area contributed by atoms with Gasteiger partial charge in [0.2, 0.25) is 5.91 Å². The SMILES string of the molecule is COc1cccc(NC(=O)Cn2ccc(C(=O)O)c2)c1. The molecule has 0 aliphatic heterocycles. The van der Waals surface area contributed by atoms with Crippen molar-refractivity contribution in [3.05, 3.63) is 48.3 Å². The highest BCUT2D eigenvalue weighted by Crippen LogP contribution is 2.16. The smallest absolute Gasteiger partial charge is 0.337 e. The van der Waals surface area contributed by atoms with Gasteiger partial charge in [0.25, 0.3) is 0 Å². The van der Waals surface area contributed by atoms with Gasteiger partial charge in [0, 0.05) is 24.1 Å². The van der Waals surface area contributed by atoms with Crippen molar-refractivity contribution < 1.29 is 19.4 Å². The van der Waals surface area contributed by atoms with E-state index >= 15 is 0 Å². The summed E-state index contributed by atoms with van der Waals surface area (Å²) in [5.41, 5.74) is 0.777. The van der Waals surface area contributed by atoms with Gasteiger partial charge in [-0.1, -0.05) is 6.07 Å². The van der Waals surface area contributed by atoms with Gasteiger partial charge in [-0.2, -0.15) is 0 Å². The van der Waals surface area contributed by atoms with Crippen molar-refractivity contribution >= 4 is 17.6 Å². The first-order valence-electron chi connectivity index (χ1n) is 5.91. The zero-order valence-corrected chi connectivity index (χ0v) is 10.9. The average molecular weight is 274 g/mol. The molecular weight excluding hydrogens is 260 g/mol. The Labute approximate surface area is 115 Å². The summed E-state index contributed by atoms with van der Waals surface area (Å²) < 4.78 is 6.58. The van der Waals surface area contributed by atoms with Crippen LogP contribution >= 0.6 is 0 Å². The summed E-state index contributed by atoms with van der Waals surface area (Å²) >= 11 is 0. The van der Waals surface area contributed by atoms with E-state index in [2.05, 4.69) is 5.32 Å². The number of carbonyl (C=O) groups is 2. The highest BCUT2D eigenvalue weighted by Gasteiger charge is 2.08. The summed E-state index contributed by atoms with van der Waals surface area (Å²) in [6, 6.07) is 8.45. The fourth-order valence-corrected chi connectivity index (χ4v) is 1.73. The molecule has 6 nitrogen and oxygen atoms in total. The van der Waals surface area contributed by atoms with Crippen molar-refractivity contribution in [2.75, 3.05) is 12.4 Å². The van der Waals surface area contributed by atoms with Gasteiger partial charge in [0.1, 0.15) is 12.3 Å². The van der Waals surface area contributed by atoms with Gasteiger partial charge in [-0.15, -0.1) is 0 Å². The van der Waals surface area contributed by atoms with E-state index in [1.807, 2.05) is 0 Å². The standard InChI is InChI=1S/C14H14N2O4/c1-20-12-4-2-3-11(7-12)15-13(17)9-16-6-5-10(8-16)14(18)19/h2-8H,9H2,1H3,(H,15,17)(H,18,19). The minimum Gasteiger partial charge on any atom is -0.497 e. The van der Waals surface area contributed by atoms with E-state index in [-0.39, 0.29) is 18.0 Å². The Balaban J connectivity index is 1.99. The third-order valence-corrected chi connectivity index (χ3v) is 2.68. The highest BCUT2D eigenvalue weighted by atomic mass is 16.5. The molecule has 0 unspecified atom stereocenters. The van der Waals surface area contributed by atoms with Gasteiger partial charge < -0.3 is 19.7 Å². The third kappa shape index (κ3) is 3.38. The third-order valence-electron chi connectivity index (χ3n) is 2.68. The lowest BCUT2D eigenvalue weighted by Crippen LogP contribution is -2.17. The number of anilines is 1. The lowest BCUT2D eigenvalue weighted by molar-refractivity contribution is -0.116. The molecule has 0 spiro atoms. The highest BCUT2D eigenvalue weighted by molar-refractivity contribution is 5.91. The molecule has 0 fully saturated rings. The first-order chi connectivity index (χ1) is 9.58. The zero-order chi connectivity index (χ0) is 14.5. The molecule has 0 saturated heterocycles. The number of nitrogens with one attached hydrogen (secondary N) is 1. The van der Waals surface area contributed by atoms with Crippen molar-refractivity contribution in [1.29, 1.82) is 0 Å². The molecule has 0 aliphatic carbocycles. The predicted octanol–water partition coefficient (Wildman–Crippen LogP) is 1.83. The molecule has 2 rings (SSSR count). The van der Waals surface area contributed by atoms with Crippen LogP contribution in [0.25, 0.3) is 0 Å². The first-order valence-corrected chi connectivity index (χ1v) is 5.91. The van der Waals surface area contributed by atoms with E-state index in [0.29, 0.717) is 11.4 Å². The number of hydrogen-bond donors (Lipinski definition) is 2. The molecule has 2 aromatic rings. The van der Waals surface area contributed by atoms with Crippen molar-refractivity contribution in [3.8, 4) is 5.75 Å². The molecule has 1 heterocycles. The summed E-state index contributed by atoms with van der Waals surface area (Å²) in [5.74, 6) is -0.611. The summed E-state index contributed by atoms with van der Waals surface area (Å²) in [5, 5.41) is 11.5. The number of methoxy groups -OCH3 is 1. The van der Waals surface area contributed by atoms with Gasteiger partial charge in [-0.3, -0.25) is 4.79 Å². The number of ether oxygens (including phenoxy) is 1. The Hall–Kier alpha value is -2.76. The van der Waals surface area contributed by atoms with Crippen LogP contribution in [0.2, 0.25) is 0 Å². The van der Waals surface area contributed by atoms with E-state index < -0.39 is 5.97 Å². The molecule has 0 saturated carbocycles. The Bertz CT molecular complexity index is 634. The Kier molecular flexibility index (Phi) is 4.05. The van der Waals surface area contributed by atoms with E-state index in [1.54, 1.807) is 37.6 Å². The minimum atomic E-state index is -1.02. The summed E-state index contributed by atoms with van der Waals surface area (Å²) in [6.45, 7) is 0.0461. The second-order valence-corrected chi connectivity index (χ2v) is 4.16. The number of carboxylic acids is 1. The van der Waals surface area contributed by atoms with Crippen LogP contribution in [0.1, 0.15) is 10.4 Å². The topological polar surface area (TPSA) is 80.6 Å². The molecule has 2 N–H and O–H groups in total. The van der Waals surface area contributed by atoms with E-state index in [1.165, 1.54) is 16.8 Å². The molecule has 20 heavy (non-hydrogen) atoms. The Morgan fingerprint density at radius 1 is 1.35 bits per heavy atom. The van der Waals surface area contributed by atoms with Gasteiger partial charge in [-0.05, 0) is 18.2 Å². The molecule has 104 valence electrons. The predicted molar refractivity (Wildman–Crippen MR) is 73.0 cm³/mol. The number of rotatable bonds is 5. The number of aromatic carboxylic acids is 1. The number of nitrogens with zero attached hydrogens (tertiary/aromatic N) is 1. The number of hydrogen-bond acceptors (Lipinski definition) is 3. The van der Waals surface area contributed by atoms with Gasteiger partial charge in [-0.25, -0.2) is 4.79 Å². The molecule has 0 atom stereocenters. The van der Waals surface area contributed by atoms with Crippen molar-refractivity contribution in [3.63, 3.8) is 0 Å². The Morgan fingerprint density at radius 2 is 2.15 bits per heavy atom. The molecule has 0 bridgehead atoms. The van der Waals surface area contributed by atoms with Crippen LogP contribution < -0.4 is 10.1 Å². The molecule has 1 aromatic heterocycles. The van der Waals surface area contributed by atoms with Crippen LogP contribution in [0.3, 0.4) is 0 Å². The lowest BCUT2D eigenvalue weighted by Gasteiger charge is -2.07. The minimum absolute atomic E-state index is 0.0461. The fourth-order valence-electron chi connectivity index (χ4n) is 1.73. The van der Waals surface area contributed by atoms with Gasteiger partial charge >= 0.3 is 5.97 Å². The largest absolute Gasteiger partial charge is 0.497 e. The molecule has 6 heteroatoms. The number of carbonyl (C=O) groups excluding carboxylic acids is 1. The van der Waals surface area contributed by atoms with Crippen molar-refractivity contribution in [2.45, 2.75) is 6.54 Å². The first kappa shape index (κ1) is 13.7. The normalized spacial score (nSPS) is 10.1. The van der Waals surface area contributed by atoms with Crippen LogP contribution in [-0.2, 0) is 11.3 Å². The van der Waals surface area contributed by atoms with Crippen LogP contribution in [0.4, 0.5) is 5.69 Å². The number of aromatic nitrogens is 1. The summed E-state index contributed by atoms with van der Waals surface area (Å²) in [6.07, 6.45) is 2.96. The molecule has 1 aromatic carbocycles. The monoisotopic (exact) mass is 274 g/mol. The van der Waals surface area contributed by atoms with Crippen molar-refractivity contribution in [2.24, 2.45) is 0 Å². The average Bonchev–Trinajstić information content (AvgIpc) is 2.87. The van der Waals surface area contributed by atoms with Gasteiger partial charge in [0.05, 0.1) is 12.7 Å². The van der Waals surface area contributed by atoms with Crippen LogP contribution in [0.15, 0.2) is 42.7 Å². The molecular formula is C14H14N2O4. The molecule has 0 aliphatic rings. The maximum Gasteiger partial charge on any atom is 0.337 e. The molecule has 1 amide bonds. The Morgan fingerprint density at radius 3 is 2.80 bits per heavy atom. The summed E-state index contributed by atoms with van der Waals surface area (Å²) in [4.78, 5) is 22.6. The van der Waals surface area contributed by atoms with Gasteiger partial charge in [0.15, 0.2) is 0 Å². The number of amides is 1. The maximum atomic E-state index is 11.8.